The second kappa shape index (κ2) is 6.74. The molecule has 0 unspecified atom stereocenters. The number of hydrogen-bond donors (Lipinski definition) is 0. The SMILES string of the molecule is Fc1cc(CBr)cc(F)c1OCc1cccc(Cl)c1Cl. The van der Waals surface area contributed by atoms with Crippen molar-refractivity contribution in [2.24, 2.45) is 0 Å². The van der Waals surface area contributed by atoms with E-state index in [1.807, 2.05) is 0 Å². The van der Waals surface area contributed by atoms with Crippen molar-refractivity contribution in [2.75, 3.05) is 0 Å². The molecule has 106 valence electrons. The number of rotatable bonds is 4. The van der Waals surface area contributed by atoms with Gasteiger partial charge in [0.25, 0.3) is 0 Å². The molecule has 0 aliphatic rings. The van der Waals surface area contributed by atoms with Crippen LogP contribution in [0.25, 0.3) is 0 Å². The van der Waals surface area contributed by atoms with E-state index < -0.39 is 17.4 Å². The molecular formula is C14H9BrCl2F2O. The van der Waals surface area contributed by atoms with Crippen molar-refractivity contribution in [3.63, 3.8) is 0 Å². The van der Waals surface area contributed by atoms with Gasteiger partial charge in [-0.1, -0.05) is 51.3 Å². The lowest BCUT2D eigenvalue weighted by Crippen LogP contribution is -2.01. The lowest BCUT2D eigenvalue weighted by molar-refractivity contribution is 0.274. The van der Waals surface area contributed by atoms with Crippen LogP contribution in [0.15, 0.2) is 30.3 Å². The Bertz CT molecular complexity index is 612. The zero-order valence-electron chi connectivity index (χ0n) is 10.1. The predicted molar refractivity (Wildman–Crippen MR) is 79.8 cm³/mol. The molecular weight excluding hydrogens is 373 g/mol. The molecule has 0 fully saturated rings. The fourth-order valence-electron chi connectivity index (χ4n) is 1.64. The predicted octanol–water partition coefficient (Wildman–Crippen LogP) is 5.75. The van der Waals surface area contributed by atoms with Gasteiger partial charge in [-0.3, -0.25) is 0 Å². The Balaban J connectivity index is 2.21. The summed E-state index contributed by atoms with van der Waals surface area (Å²) in [5.74, 6) is -1.93. The van der Waals surface area contributed by atoms with Crippen LogP contribution in [0.4, 0.5) is 8.78 Å². The Morgan fingerprint density at radius 2 is 1.75 bits per heavy atom. The van der Waals surface area contributed by atoms with E-state index in [9.17, 15) is 8.78 Å². The van der Waals surface area contributed by atoms with Crippen LogP contribution >= 0.6 is 39.1 Å². The first-order chi connectivity index (χ1) is 9.52. The van der Waals surface area contributed by atoms with Crippen LogP contribution in [-0.4, -0.2) is 0 Å². The van der Waals surface area contributed by atoms with Crippen molar-refractivity contribution < 1.29 is 13.5 Å². The van der Waals surface area contributed by atoms with E-state index in [1.54, 1.807) is 18.2 Å². The van der Waals surface area contributed by atoms with Gasteiger partial charge in [-0.15, -0.1) is 0 Å². The van der Waals surface area contributed by atoms with Crippen molar-refractivity contribution in [2.45, 2.75) is 11.9 Å². The molecule has 0 saturated heterocycles. The fourth-order valence-corrected chi connectivity index (χ4v) is 2.34. The molecule has 0 spiro atoms. The van der Waals surface area contributed by atoms with E-state index in [1.165, 1.54) is 12.1 Å². The van der Waals surface area contributed by atoms with Crippen molar-refractivity contribution in [1.29, 1.82) is 0 Å². The summed E-state index contributed by atoms with van der Waals surface area (Å²) in [6.07, 6.45) is 0. The second-order valence-corrected chi connectivity index (χ2v) is 5.37. The van der Waals surface area contributed by atoms with E-state index in [-0.39, 0.29) is 6.61 Å². The molecule has 6 heteroatoms. The standard InChI is InChI=1S/C14H9BrCl2F2O/c15-6-8-4-11(18)14(12(19)5-8)20-7-9-2-1-3-10(16)13(9)17/h1-5H,6-7H2. The highest BCUT2D eigenvalue weighted by atomic mass is 79.9. The summed E-state index contributed by atoms with van der Waals surface area (Å²) in [7, 11) is 0. The Kier molecular flexibility index (Phi) is 5.24. The van der Waals surface area contributed by atoms with Gasteiger partial charge in [-0.05, 0) is 23.8 Å². The first-order valence-electron chi connectivity index (χ1n) is 5.62. The van der Waals surface area contributed by atoms with Gasteiger partial charge in [-0.2, -0.15) is 0 Å². The Morgan fingerprint density at radius 1 is 1.10 bits per heavy atom. The molecule has 1 nitrogen and oxygen atoms in total. The van der Waals surface area contributed by atoms with Crippen molar-refractivity contribution in [1.82, 2.24) is 0 Å². The molecule has 2 rings (SSSR count). The molecule has 0 atom stereocenters. The molecule has 0 bridgehead atoms. The Morgan fingerprint density at radius 3 is 2.35 bits per heavy atom. The van der Waals surface area contributed by atoms with E-state index in [0.717, 1.165) is 0 Å². The minimum atomic E-state index is -0.752. The summed E-state index contributed by atoms with van der Waals surface area (Å²) in [5.41, 5.74) is 1.05. The topological polar surface area (TPSA) is 9.23 Å². The molecule has 20 heavy (non-hydrogen) atoms. The molecule has 0 aromatic heterocycles. The molecule has 0 saturated carbocycles. The van der Waals surface area contributed by atoms with Gasteiger partial charge in [0.1, 0.15) is 6.61 Å². The Hall–Kier alpha value is -0.840. The number of ether oxygens (including phenoxy) is 1. The molecule has 2 aromatic rings. The first kappa shape index (κ1) is 15.5. The average molecular weight is 382 g/mol. The zero-order valence-corrected chi connectivity index (χ0v) is 13.2. The maximum Gasteiger partial charge on any atom is 0.191 e. The third-order valence-electron chi connectivity index (χ3n) is 2.62. The average Bonchev–Trinajstić information content (AvgIpc) is 2.42. The van der Waals surface area contributed by atoms with Crippen LogP contribution in [0, 0.1) is 11.6 Å². The smallest absolute Gasteiger partial charge is 0.191 e. The third kappa shape index (κ3) is 3.43. The van der Waals surface area contributed by atoms with Crippen LogP contribution in [0.2, 0.25) is 10.0 Å². The number of hydrogen-bond acceptors (Lipinski definition) is 1. The molecule has 0 radical (unpaired) electrons. The molecule has 0 aliphatic carbocycles. The fraction of sp³-hybridized carbons (Fsp3) is 0.143. The van der Waals surface area contributed by atoms with Crippen LogP contribution in [-0.2, 0) is 11.9 Å². The highest BCUT2D eigenvalue weighted by Crippen LogP contribution is 2.29. The second-order valence-electron chi connectivity index (χ2n) is 4.02. The maximum atomic E-state index is 13.7. The largest absolute Gasteiger partial charge is 0.483 e. The monoisotopic (exact) mass is 380 g/mol. The van der Waals surface area contributed by atoms with Gasteiger partial charge >= 0.3 is 0 Å². The quantitative estimate of drug-likeness (QED) is 0.613. The van der Waals surface area contributed by atoms with Crippen molar-refractivity contribution in [3.8, 4) is 5.75 Å². The van der Waals surface area contributed by atoms with E-state index in [2.05, 4.69) is 15.9 Å². The molecule has 0 amide bonds. The summed E-state index contributed by atoms with van der Waals surface area (Å²) in [5, 5.41) is 1.04. The van der Waals surface area contributed by atoms with Crippen LogP contribution in [0.5, 0.6) is 5.75 Å². The summed E-state index contributed by atoms with van der Waals surface area (Å²) < 4.78 is 32.7. The van der Waals surface area contributed by atoms with E-state index in [0.29, 0.717) is 26.5 Å². The van der Waals surface area contributed by atoms with E-state index in [4.69, 9.17) is 27.9 Å². The van der Waals surface area contributed by atoms with Gasteiger partial charge in [-0.25, -0.2) is 8.78 Å². The summed E-state index contributed by atoms with van der Waals surface area (Å²) in [6, 6.07) is 7.42. The lowest BCUT2D eigenvalue weighted by atomic mass is 10.2. The molecule has 2 aromatic carbocycles. The van der Waals surface area contributed by atoms with Gasteiger partial charge in [0.15, 0.2) is 17.4 Å². The number of alkyl halides is 1. The first-order valence-corrected chi connectivity index (χ1v) is 7.50. The summed E-state index contributed by atoms with van der Waals surface area (Å²) in [6.45, 7) is -0.0686. The highest BCUT2D eigenvalue weighted by Gasteiger charge is 2.13. The molecule has 0 heterocycles. The van der Waals surface area contributed by atoms with Crippen molar-refractivity contribution >= 4 is 39.1 Å². The van der Waals surface area contributed by atoms with Gasteiger partial charge in [0.05, 0.1) is 10.0 Å². The van der Waals surface area contributed by atoms with Crippen molar-refractivity contribution in [3.05, 3.63) is 63.1 Å². The zero-order chi connectivity index (χ0) is 14.7. The highest BCUT2D eigenvalue weighted by molar-refractivity contribution is 9.08. The normalized spacial score (nSPS) is 10.7. The Labute approximate surface area is 133 Å². The van der Waals surface area contributed by atoms with Gasteiger partial charge in [0.2, 0.25) is 0 Å². The minimum Gasteiger partial charge on any atom is -0.483 e. The number of halogens is 5. The van der Waals surface area contributed by atoms with Crippen LogP contribution < -0.4 is 4.74 Å². The molecule has 0 N–H and O–H groups in total. The maximum absolute atomic E-state index is 13.7. The van der Waals surface area contributed by atoms with Crippen LogP contribution in [0.3, 0.4) is 0 Å². The van der Waals surface area contributed by atoms with Crippen LogP contribution in [0.1, 0.15) is 11.1 Å². The van der Waals surface area contributed by atoms with Gasteiger partial charge in [0, 0.05) is 10.9 Å². The van der Waals surface area contributed by atoms with Gasteiger partial charge < -0.3 is 4.74 Å². The van der Waals surface area contributed by atoms with E-state index >= 15 is 0 Å². The minimum absolute atomic E-state index is 0.0686. The third-order valence-corrected chi connectivity index (χ3v) is 4.12. The summed E-state index contributed by atoms with van der Waals surface area (Å²) in [4.78, 5) is 0. The molecule has 0 aliphatic heterocycles. The summed E-state index contributed by atoms with van der Waals surface area (Å²) >= 11 is 15.0. The lowest BCUT2D eigenvalue weighted by Gasteiger charge is -2.11. The number of benzene rings is 2.